The van der Waals surface area contributed by atoms with E-state index in [-0.39, 0.29) is 0 Å². The summed E-state index contributed by atoms with van der Waals surface area (Å²) in [6, 6.07) is 6.06. The van der Waals surface area contributed by atoms with Gasteiger partial charge in [-0.1, -0.05) is 24.6 Å². The number of likely N-dealkylation sites (tertiary alicyclic amines) is 1. The molecule has 1 aromatic carbocycles. The molecule has 2 aliphatic rings. The van der Waals surface area contributed by atoms with Gasteiger partial charge in [0.25, 0.3) is 0 Å². The average molecular weight is 231 g/mol. The Morgan fingerprint density at radius 2 is 1.94 bits per heavy atom. The molecule has 0 radical (unpaired) electrons. The second-order valence-electron chi connectivity index (χ2n) is 5.73. The third kappa shape index (κ3) is 2.06. The number of nitrogens with zero attached hydrogens (tertiary/aromatic N) is 1. The third-order valence-corrected chi connectivity index (χ3v) is 4.52. The summed E-state index contributed by atoms with van der Waals surface area (Å²) in [5.41, 5.74) is 2.08. The number of para-hydroxylation sites is 1. The zero-order valence-electron chi connectivity index (χ0n) is 10.5. The number of phenolic OH excluding ortho intramolecular Hbond substituents is 1. The Hall–Kier alpha value is -1.02. The summed E-state index contributed by atoms with van der Waals surface area (Å²) in [5.74, 6) is 2.36. The molecular weight excluding hydrogens is 210 g/mol. The normalized spacial score (nSPS) is 28.5. The van der Waals surface area contributed by atoms with E-state index in [4.69, 9.17) is 0 Å². The van der Waals surface area contributed by atoms with Crippen molar-refractivity contribution >= 4 is 0 Å². The zero-order chi connectivity index (χ0) is 11.8. The molecule has 1 heterocycles. The largest absolute Gasteiger partial charge is 0.507 e. The molecule has 0 bridgehead atoms. The monoisotopic (exact) mass is 231 g/mol. The minimum absolute atomic E-state index is 0.490. The van der Waals surface area contributed by atoms with Gasteiger partial charge in [-0.25, -0.2) is 0 Å². The first kappa shape index (κ1) is 11.1. The number of fused-ring (bicyclic) bond motifs is 1. The Kier molecular flexibility index (Phi) is 2.83. The summed E-state index contributed by atoms with van der Waals surface area (Å²) >= 11 is 0. The molecule has 1 N–H and O–H groups in total. The number of hydrogen-bond acceptors (Lipinski definition) is 2. The van der Waals surface area contributed by atoms with Gasteiger partial charge in [-0.05, 0) is 37.2 Å². The molecule has 2 nitrogen and oxygen atoms in total. The molecule has 2 unspecified atom stereocenters. The van der Waals surface area contributed by atoms with E-state index >= 15 is 0 Å². The highest BCUT2D eigenvalue weighted by Gasteiger charge is 2.35. The van der Waals surface area contributed by atoms with Crippen LogP contribution in [0, 0.1) is 18.8 Å². The first-order valence-electron chi connectivity index (χ1n) is 6.74. The fraction of sp³-hybridized carbons (Fsp3) is 0.600. The minimum Gasteiger partial charge on any atom is -0.507 e. The first-order valence-corrected chi connectivity index (χ1v) is 6.74. The number of hydrogen-bond donors (Lipinski definition) is 1. The number of aryl methyl sites for hydroxylation is 1. The average Bonchev–Trinajstić information content (AvgIpc) is 2.85. The lowest BCUT2D eigenvalue weighted by molar-refractivity contribution is 0.298. The minimum atomic E-state index is 0.490. The molecule has 1 aliphatic carbocycles. The Morgan fingerprint density at radius 3 is 2.65 bits per heavy atom. The second kappa shape index (κ2) is 4.34. The lowest BCUT2D eigenvalue weighted by atomic mass is 10.0. The fourth-order valence-electron chi connectivity index (χ4n) is 3.55. The van der Waals surface area contributed by atoms with Crippen LogP contribution in [0.5, 0.6) is 5.75 Å². The van der Waals surface area contributed by atoms with E-state index < -0.39 is 0 Å². The molecule has 0 aromatic heterocycles. The molecule has 2 heteroatoms. The standard InChI is InChI=1S/C15H21NO/c1-11-4-2-7-14(15(11)17)10-16-8-12-5-3-6-13(12)9-16/h2,4,7,12-13,17H,3,5-6,8-10H2,1H3. The van der Waals surface area contributed by atoms with Gasteiger partial charge >= 0.3 is 0 Å². The SMILES string of the molecule is Cc1cccc(CN2CC3CCCC3C2)c1O. The second-order valence-corrected chi connectivity index (χ2v) is 5.73. The van der Waals surface area contributed by atoms with Crippen LogP contribution < -0.4 is 0 Å². The van der Waals surface area contributed by atoms with E-state index in [0.717, 1.165) is 29.5 Å². The van der Waals surface area contributed by atoms with Crippen molar-refractivity contribution in [1.82, 2.24) is 4.90 Å². The van der Waals surface area contributed by atoms with Crippen LogP contribution in [0.2, 0.25) is 0 Å². The molecule has 1 aromatic rings. The van der Waals surface area contributed by atoms with Crippen LogP contribution in [0.15, 0.2) is 18.2 Å². The fourth-order valence-corrected chi connectivity index (χ4v) is 3.55. The van der Waals surface area contributed by atoms with Gasteiger partial charge in [0, 0.05) is 25.2 Å². The van der Waals surface area contributed by atoms with Gasteiger partial charge in [0.2, 0.25) is 0 Å². The first-order chi connectivity index (χ1) is 8.24. The molecular formula is C15H21NO. The van der Waals surface area contributed by atoms with Crippen molar-refractivity contribution in [3.05, 3.63) is 29.3 Å². The van der Waals surface area contributed by atoms with Crippen molar-refractivity contribution in [3.8, 4) is 5.75 Å². The molecule has 2 atom stereocenters. The van der Waals surface area contributed by atoms with E-state index in [1.54, 1.807) is 0 Å². The molecule has 17 heavy (non-hydrogen) atoms. The van der Waals surface area contributed by atoms with Crippen LogP contribution in [-0.4, -0.2) is 23.1 Å². The summed E-state index contributed by atoms with van der Waals surface area (Å²) in [4.78, 5) is 2.52. The van der Waals surface area contributed by atoms with Crippen molar-refractivity contribution in [2.24, 2.45) is 11.8 Å². The zero-order valence-corrected chi connectivity index (χ0v) is 10.5. The topological polar surface area (TPSA) is 23.5 Å². The lowest BCUT2D eigenvalue weighted by Crippen LogP contribution is -2.21. The van der Waals surface area contributed by atoms with Gasteiger partial charge in [0.15, 0.2) is 0 Å². The van der Waals surface area contributed by atoms with Gasteiger partial charge in [0.05, 0.1) is 0 Å². The number of rotatable bonds is 2. The quantitative estimate of drug-likeness (QED) is 0.846. The smallest absolute Gasteiger partial charge is 0.122 e. The maximum Gasteiger partial charge on any atom is 0.122 e. The molecule has 1 saturated carbocycles. The highest BCUT2D eigenvalue weighted by atomic mass is 16.3. The van der Waals surface area contributed by atoms with Crippen LogP contribution in [0.1, 0.15) is 30.4 Å². The predicted molar refractivity (Wildman–Crippen MR) is 69.0 cm³/mol. The number of aromatic hydroxyl groups is 1. The van der Waals surface area contributed by atoms with Crippen LogP contribution in [0.4, 0.5) is 0 Å². The van der Waals surface area contributed by atoms with Gasteiger partial charge in [-0.15, -0.1) is 0 Å². The van der Waals surface area contributed by atoms with E-state index in [0.29, 0.717) is 5.75 Å². The van der Waals surface area contributed by atoms with Crippen LogP contribution in [0.3, 0.4) is 0 Å². The summed E-state index contributed by atoms with van der Waals surface area (Å²) in [6.45, 7) is 5.36. The summed E-state index contributed by atoms with van der Waals surface area (Å²) < 4.78 is 0. The van der Waals surface area contributed by atoms with Crippen molar-refractivity contribution in [2.45, 2.75) is 32.7 Å². The lowest BCUT2D eigenvalue weighted by Gasteiger charge is -2.18. The number of benzene rings is 1. The maximum atomic E-state index is 10.0. The third-order valence-electron chi connectivity index (χ3n) is 4.52. The molecule has 3 rings (SSSR count). The summed E-state index contributed by atoms with van der Waals surface area (Å²) in [5, 5.41) is 10.0. The molecule has 1 saturated heterocycles. The summed E-state index contributed by atoms with van der Waals surface area (Å²) in [6.07, 6.45) is 4.26. The van der Waals surface area contributed by atoms with Gasteiger partial charge < -0.3 is 5.11 Å². The van der Waals surface area contributed by atoms with Crippen molar-refractivity contribution < 1.29 is 5.11 Å². The highest BCUT2D eigenvalue weighted by Crippen LogP contribution is 2.38. The van der Waals surface area contributed by atoms with Crippen LogP contribution >= 0.6 is 0 Å². The Labute approximate surface area is 103 Å². The van der Waals surface area contributed by atoms with E-state index in [1.807, 2.05) is 19.1 Å². The predicted octanol–water partition coefficient (Wildman–Crippen LogP) is 2.93. The van der Waals surface area contributed by atoms with Crippen LogP contribution in [-0.2, 0) is 6.54 Å². The summed E-state index contributed by atoms with van der Waals surface area (Å²) in [7, 11) is 0. The number of phenols is 1. The Balaban J connectivity index is 1.70. The molecule has 2 fully saturated rings. The molecule has 1 aliphatic heterocycles. The van der Waals surface area contributed by atoms with E-state index in [2.05, 4.69) is 11.0 Å². The van der Waals surface area contributed by atoms with Crippen LogP contribution in [0.25, 0.3) is 0 Å². The van der Waals surface area contributed by atoms with E-state index in [1.165, 1.54) is 32.4 Å². The van der Waals surface area contributed by atoms with Crippen molar-refractivity contribution in [2.75, 3.05) is 13.1 Å². The Bertz CT molecular complexity index is 403. The van der Waals surface area contributed by atoms with Gasteiger partial charge in [-0.3, -0.25) is 4.90 Å². The van der Waals surface area contributed by atoms with Crippen molar-refractivity contribution in [3.63, 3.8) is 0 Å². The Morgan fingerprint density at radius 1 is 1.24 bits per heavy atom. The maximum absolute atomic E-state index is 10.0. The molecule has 0 spiro atoms. The van der Waals surface area contributed by atoms with Crippen molar-refractivity contribution in [1.29, 1.82) is 0 Å². The highest BCUT2D eigenvalue weighted by molar-refractivity contribution is 5.39. The molecule has 0 amide bonds. The van der Waals surface area contributed by atoms with Gasteiger partial charge in [0.1, 0.15) is 5.75 Å². The van der Waals surface area contributed by atoms with E-state index in [9.17, 15) is 5.11 Å². The van der Waals surface area contributed by atoms with Gasteiger partial charge in [-0.2, -0.15) is 0 Å². The molecule has 92 valence electrons.